The summed E-state index contributed by atoms with van der Waals surface area (Å²) in [5, 5.41) is 10.1. The molecule has 6 nitrogen and oxygen atoms in total. The summed E-state index contributed by atoms with van der Waals surface area (Å²) in [6.07, 6.45) is 3.68. The van der Waals surface area contributed by atoms with E-state index in [1.165, 1.54) is 7.11 Å². The highest BCUT2D eigenvalue weighted by atomic mass is 16.5. The summed E-state index contributed by atoms with van der Waals surface area (Å²) in [6.45, 7) is 4.68. The molecule has 0 radical (unpaired) electrons. The van der Waals surface area contributed by atoms with Crippen LogP contribution >= 0.6 is 0 Å². The second-order valence-electron chi connectivity index (χ2n) is 5.69. The molecule has 1 aliphatic heterocycles. The van der Waals surface area contributed by atoms with Crippen LogP contribution in [0, 0.1) is 0 Å². The van der Waals surface area contributed by atoms with Crippen molar-refractivity contribution in [1.29, 1.82) is 0 Å². The van der Waals surface area contributed by atoms with Gasteiger partial charge < -0.3 is 19.6 Å². The quantitative estimate of drug-likeness (QED) is 0.857. The zero-order valence-corrected chi connectivity index (χ0v) is 12.7. The summed E-state index contributed by atoms with van der Waals surface area (Å²) >= 11 is 0. The van der Waals surface area contributed by atoms with Crippen LogP contribution in [-0.2, 0) is 9.53 Å². The van der Waals surface area contributed by atoms with E-state index in [4.69, 9.17) is 4.74 Å². The van der Waals surface area contributed by atoms with Gasteiger partial charge in [0.15, 0.2) is 0 Å². The molecule has 1 fully saturated rings. The normalized spacial score (nSPS) is 18.4. The van der Waals surface area contributed by atoms with Crippen molar-refractivity contribution < 1.29 is 14.6 Å². The molecule has 2 heterocycles. The summed E-state index contributed by atoms with van der Waals surface area (Å²) in [6, 6.07) is 3.93. The fourth-order valence-corrected chi connectivity index (χ4v) is 2.55. The first kappa shape index (κ1) is 15.7. The highest BCUT2D eigenvalue weighted by Gasteiger charge is 2.29. The average molecular weight is 293 g/mol. The van der Waals surface area contributed by atoms with E-state index in [1.54, 1.807) is 18.0 Å². The van der Waals surface area contributed by atoms with Crippen LogP contribution < -0.4 is 4.90 Å². The van der Waals surface area contributed by atoms with Gasteiger partial charge in [-0.1, -0.05) is 0 Å². The van der Waals surface area contributed by atoms with Crippen LogP contribution in [0.5, 0.6) is 0 Å². The molecule has 116 valence electrons. The lowest BCUT2D eigenvalue weighted by molar-refractivity contribution is -0.138. The number of carbonyl (C=O) groups excluding carboxylic acids is 1. The third-order valence-electron chi connectivity index (χ3n) is 3.63. The van der Waals surface area contributed by atoms with Gasteiger partial charge in [-0.2, -0.15) is 0 Å². The van der Waals surface area contributed by atoms with Crippen LogP contribution in [0.25, 0.3) is 0 Å². The van der Waals surface area contributed by atoms with Crippen LogP contribution in [0.15, 0.2) is 24.5 Å². The van der Waals surface area contributed by atoms with E-state index in [1.807, 2.05) is 18.3 Å². The number of hydrogen-bond donors (Lipinski definition) is 1. The molecule has 21 heavy (non-hydrogen) atoms. The van der Waals surface area contributed by atoms with Gasteiger partial charge in [0.1, 0.15) is 0 Å². The first-order chi connectivity index (χ1) is 10.0. The molecule has 1 aromatic heterocycles. The summed E-state index contributed by atoms with van der Waals surface area (Å²) in [7, 11) is 1.52. The number of aromatic nitrogens is 1. The number of ether oxygens (including phenoxy) is 1. The lowest BCUT2D eigenvalue weighted by Crippen LogP contribution is -2.50. The Bertz CT molecular complexity index is 456. The number of anilines is 1. The maximum Gasteiger partial charge on any atom is 0.225 e. The maximum atomic E-state index is 12.2. The van der Waals surface area contributed by atoms with E-state index in [0.29, 0.717) is 13.1 Å². The van der Waals surface area contributed by atoms with Gasteiger partial charge in [-0.15, -0.1) is 0 Å². The Morgan fingerprint density at radius 3 is 2.71 bits per heavy atom. The molecule has 1 amide bonds. The van der Waals surface area contributed by atoms with E-state index >= 15 is 0 Å². The molecule has 0 bridgehead atoms. The van der Waals surface area contributed by atoms with E-state index in [9.17, 15) is 9.90 Å². The molecule has 6 heteroatoms. The molecule has 1 atom stereocenters. The average Bonchev–Trinajstić information content (AvgIpc) is 2.48. The zero-order valence-electron chi connectivity index (χ0n) is 12.7. The molecule has 1 unspecified atom stereocenters. The summed E-state index contributed by atoms with van der Waals surface area (Å²) in [5.41, 5.74) is -0.0252. The van der Waals surface area contributed by atoms with Crippen molar-refractivity contribution in [2.75, 3.05) is 44.8 Å². The molecule has 1 N–H and O–H groups in total. The van der Waals surface area contributed by atoms with Crippen molar-refractivity contribution in [2.45, 2.75) is 18.9 Å². The SMILES string of the molecule is COCC(C)(O)CC(=O)N1CCN(c2cccnc2)CC1. The number of amides is 1. The molecule has 0 spiro atoms. The van der Waals surface area contributed by atoms with Crippen molar-refractivity contribution in [3.8, 4) is 0 Å². The van der Waals surface area contributed by atoms with Gasteiger partial charge >= 0.3 is 0 Å². The minimum Gasteiger partial charge on any atom is -0.387 e. The molecular weight excluding hydrogens is 270 g/mol. The van der Waals surface area contributed by atoms with Crippen LogP contribution in [0.3, 0.4) is 0 Å². The maximum absolute atomic E-state index is 12.2. The third-order valence-corrected chi connectivity index (χ3v) is 3.63. The van der Waals surface area contributed by atoms with E-state index in [2.05, 4.69) is 9.88 Å². The molecular formula is C15H23N3O3. The van der Waals surface area contributed by atoms with Crippen molar-refractivity contribution in [2.24, 2.45) is 0 Å². The van der Waals surface area contributed by atoms with Crippen LogP contribution in [0.2, 0.25) is 0 Å². The van der Waals surface area contributed by atoms with Gasteiger partial charge in [-0.05, 0) is 19.1 Å². The fraction of sp³-hybridized carbons (Fsp3) is 0.600. The first-order valence-electron chi connectivity index (χ1n) is 7.16. The summed E-state index contributed by atoms with van der Waals surface area (Å²) in [4.78, 5) is 20.3. The molecule has 0 aliphatic carbocycles. The molecule has 0 aromatic carbocycles. The highest BCUT2D eigenvalue weighted by molar-refractivity contribution is 5.77. The highest BCUT2D eigenvalue weighted by Crippen LogP contribution is 2.17. The van der Waals surface area contributed by atoms with Crippen LogP contribution in [-0.4, -0.2) is 66.4 Å². The minimum absolute atomic E-state index is 0.0251. The van der Waals surface area contributed by atoms with Crippen molar-refractivity contribution >= 4 is 11.6 Å². The predicted molar refractivity (Wildman–Crippen MR) is 80.1 cm³/mol. The third kappa shape index (κ3) is 4.41. The second kappa shape index (κ2) is 6.87. The van der Waals surface area contributed by atoms with Gasteiger partial charge in [0.05, 0.1) is 30.5 Å². The monoisotopic (exact) mass is 293 g/mol. The number of carbonyl (C=O) groups is 1. The van der Waals surface area contributed by atoms with Gasteiger partial charge in [0, 0.05) is 39.5 Å². The first-order valence-corrected chi connectivity index (χ1v) is 7.16. The number of piperazine rings is 1. The van der Waals surface area contributed by atoms with Gasteiger partial charge in [0.2, 0.25) is 5.91 Å². The fourth-order valence-electron chi connectivity index (χ4n) is 2.55. The van der Waals surface area contributed by atoms with E-state index < -0.39 is 5.60 Å². The number of rotatable bonds is 5. The number of nitrogens with zero attached hydrogens (tertiary/aromatic N) is 3. The van der Waals surface area contributed by atoms with Gasteiger partial charge in [-0.3, -0.25) is 9.78 Å². The van der Waals surface area contributed by atoms with Crippen LogP contribution in [0.1, 0.15) is 13.3 Å². The Kier molecular flexibility index (Phi) is 5.14. The van der Waals surface area contributed by atoms with Crippen molar-refractivity contribution in [3.63, 3.8) is 0 Å². The Labute approximate surface area is 125 Å². The summed E-state index contributed by atoms with van der Waals surface area (Å²) in [5.74, 6) is -0.0251. The smallest absolute Gasteiger partial charge is 0.225 e. The van der Waals surface area contributed by atoms with E-state index in [-0.39, 0.29) is 18.9 Å². The molecule has 0 saturated carbocycles. The Morgan fingerprint density at radius 1 is 1.43 bits per heavy atom. The summed E-state index contributed by atoms with van der Waals surface area (Å²) < 4.78 is 4.93. The number of methoxy groups -OCH3 is 1. The zero-order chi connectivity index (χ0) is 15.3. The largest absolute Gasteiger partial charge is 0.387 e. The topological polar surface area (TPSA) is 65.9 Å². The van der Waals surface area contributed by atoms with Gasteiger partial charge in [0.25, 0.3) is 0 Å². The minimum atomic E-state index is -1.10. The molecule has 1 aliphatic rings. The van der Waals surface area contributed by atoms with Crippen molar-refractivity contribution in [1.82, 2.24) is 9.88 Å². The lowest BCUT2D eigenvalue weighted by Gasteiger charge is -2.37. The Morgan fingerprint density at radius 2 is 2.14 bits per heavy atom. The number of pyridine rings is 1. The lowest BCUT2D eigenvalue weighted by atomic mass is 10.0. The van der Waals surface area contributed by atoms with Gasteiger partial charge in [-0.25, -0.2) is 0 Å². The van der Waals surface area contributed by atoms with Crippen molar-refractivity contribution in [3.05, 3.63) is 24.5 Å². The van der Waals surface area contributed by atoms with Crippen LogP contribution in [0.4, 0.5) is 5.69 Å². The number of aliphatic hydroxyl groups is 1. The predicted octanol–water partition coefficient (Wildman–Crippen LogP) is 0.518. The standard InChI is InChI=1S/C15H23N3O3/c1-15(20,12-21-2)10-14(19)18-8-6-17(7-9-18)13-4-3-5-16-11-13/h3-5,11,20H,6-10,12H2,1-2H3. The molecule has 2 rings (SSSR count). The second-order valence-corrected chi connectivity index (χ2v) is 5.69. The molecule has 1 aromatic rings. The molecule has 1 saturated heterocycles. The Hall–Kier alpha value is -1.66. The number of hydrogen-bond acceptors (Lipinski definition) is 5. The Balaban J connectivity index is 1.85. The van der Waals surface area contributed by atoms with E-state index in [0.717, 1.165) is 18.8 Å².